The van der Waals surface area contributed by atoms with E-state index in [4.69, 9.17) is 19.9 Å². The fourth-order valence-corrected chi connectivity index (χ4v) is 1.17. The standard InChI is InChI=1S/C11H19N3O3/c1-3-15-5-6-17-11-7-9(12)13-10(14-11)8-16-4-2/h7H,3-6,8H2,1-2H3,(H2,12,13,14). The number of hydrogen-bond acceptors (Lipinski definition) is 6. The second-order valence-corrected chi connectivity index (χ2v) is 3.23. The molecule has 6 nitrogen and oxygen atoms in total. The van der Waals surface area contributed by atoms with Gasteiger partial charge in [0.15, 0.2) is 5.82 Å². The summed E-state index contributed by atoms with van der Waals surface area (Å²) in [6, 6.07) is 1.58. The Balaban J connectivity index is 2.50. The summed E-state index contributed by atoms with van der Waals surface area (Å²) in [4.78, 5) is 8.22. The highest BCUT2D eigenvalue weighted by Crippen LogP contribution is 2.11. The van der Waals surface area contributed by atoms with Crippen LogP contribution >= 0.6 is 0 Å². The van der Waals surface area contributed by atoms with Crippen molar-refractivity contribution in [3.05, 3.63) is 11.9 Å². The van der Waals surface area contributed by atoms with Crippen LogP contribution in [0.2, 0.25) is 0 Å². The first kappa shape index (κ1) is 13.7. The van der Waals surface area contributed by atoms with Gasteiger partial charge >= 0.3 is 0 Å². The normalized spacial score (nSPS) is 10.5. The van der Waals surface area contributed by atoms with E-state index >= 15 is 0 Å². The van der Waals surface area contributed by atoms with Crippen LogP contribution in [0.15, 0.2) is 6.07 Å². The number of nitrogens with zero attached hydrogens (tertiary/aromatic N) is 2. The fraction of sp³-hybridized carbons (Fsp3) is 0.636. The second kappa shape index (κ2) is 7.81. The van der Waals surface area contributed by atoms with E-state index in [-0.39, 0.29) is 0 Å². The summed E-state index contributed by atoms with van der Waals surface area (Å²) in [6.07, 6.45) is 0. The molecular weight excluding hydrogens is 222 g/mol. The van der Waals surface area contributed by atoms with Crippen LogP contribution in [0.4, 0.5) is 5.82 Å². The van der Waals surface area contributed by atoms with Gasteiger partial charge in [0.05, 0.1) is 6.61 Å². The van der Waals surface area contributed by atoms with Crippen molar-refractivity contribution in [2.45, 2.75) is 20.5 Å². The van der Waals surface area contributed by atoms with Crippen molar-refractivity contribution in [1.82, 2.24) is 9.97 Å². The van der Waals surface area contributed by atoms with E-state index in [1.807, 2.05) is 13.8 Å². The van der Waals surface area contributed by atoms with Crippen LogP contribution in [0, 0.1) is 0 Å². The first-order chi connectivity index (χ1) is 8.26. The number of nitrogens with two attached hydrogens (primary N) is 1. The molecule has 96 valence electrons. The smallest absolute Gasteiger partial charge is 0.218 e. The van der Waals surface area contributed by atoms with Gasteiger partial charge in [0.2, 0.25) is 5.88 Å². The van der Waals surface area contributed by atoms with Crippen LogP contribution in [0.1, 0.15) is 19.7 Å². The van der Waals surface area contributed by atoms with Gasteiger partial charge in [-0.2, -0.15) is 4.98 Å². The SMILES string of the molecule is CCOCCOc1cc(N)nc(COCC)n1. The average Bonchev–Trinajstić information content (AvgIpc) is 2.31. The summed E-state index contributed by atoms with van der Waals surface area (Å²) < 4.78 is 15.8. The summed E-state index contributed by atoms with van der Waals surface area (Å²) in [7, 11) is 0. The molecule has 0 amide bonds. The largest absolute Gasteiger partial charge is 0.475 e. The van der Waals surface area contributed by atoms with Crippen LogP contribution in [0.3, 0.4) is 0 Å². The highest BCUT2D eigenvalue weighted by Gasteiger charge is 2.03. The summed E-state index contributed by atoms with van der Waals surface area (Å²) in [5.74, 6) is 1.35. The Kier molecular flexibility index (Phi) is 6.27. The molecule has 1 aromatic rings. The third-order valence-electron chi connectivity index (χ3n) is 1.89. The molecule has 1 rings (SSSR count). The predicted molar refractivity (Wildman–Crippen MR) is 63.8 cm³/mol. The molecule has 0 aromatic carbocycles. The first-order valence-electron chi connectivity index (χ1n) is 5.68. The molecule has 0 unspecified atom stereocenters. The summed E-state index contributed by atoms with van der Waals surface area (Å²) in [5, 5.41) is 0. The maximum atomic E-state index is 5.64. The van der Waals surface area contributed by atoms with Gasteiger partial charge in [-0.25, -0.2) is 4.98 Å². The fourth-order valence-electron chi connectivity index (χ4n) is 1.17. The minimum Gasteiger partial charge on any atom is -0.475 e. The van der Waals surface area contributed by atoms with Crippen LogP contribution in [0.25, 0.3) is 0 Å². The molecule has 0 saturated heterocycles. The van der Waals surface area contributed by atoms with Crippen LogP contribution in [-0.4, -0.2) is 36.4 Å². The summed E-state index contributed by atoms with van der Waals surface area (Å²) in [6.45, 7) is 6.43. The molecule has 0 aliphatic heterocycles. The second-order valence-electron chi connectivity index (χ2n) is 3.23. The van der Waals surface area contributed by atoms with Gasteiger partial charge in [0.1, 0.15) is 19.0 Å². The molecule has 17 heavy (non-hydrogen) atoms. The average molecular weight is 241 g/mol. The van der Waals surface area contributed by atoms with E-state index in [0.29, 0.717) is 50.6 Å². The maximum absolute atomic E-state index is 5.64. The third-order valence-corrected chi connectivity index (χ3v) is 1.89. The number of hydrogen-bond donors (Lipinski definition) is 1. The van der Waals surface area contributed by atoms with E-state index in [9.17, 15) is 0 Å². The quantitative estimate of drug-likeness (QED) is 0.684. The van der Waals surface area contributed by atoms with Gasteiger partial charge < -0.3 is 19.9 Å². The number of anilines is 1. The van der Waals surface area contributed by atoms with Gasteiger partial charge in [-0.3, -0.25) is 0 Å². The first-order valence-corrected chi connectivity index (χ1v) is 5.68. The molecule has 0 aliphatic carbocycles. The van der Waals surface area contributed by atoms with Crippen molar-refractivity contribution in [3.63, 3.8) is 0 Å². The Morgan fingerprint density at radius 2 is 1.88 bits per heavy atom. The zero-order valence-electron chi connectivity index (χ0n) is 10.3. The highest BCUT2D eigenvalue weighted by molar-refractivity contribution is 5.32. The molecule has 0 bridgehead atoms. The molecule has 0 radical (unpaired) electrons. The van der Waals surface area contributed by atoms with E-state index in [1.165, 1.54) is 0 Å². The van der Waals surface area contributed by atoms with Gasteiger partial charge in [-0.1, -0.05) is 0 Å². The highest BCUT2D eigenvalue weighted by atomic mass is 16.5. The van der Waals surface area contributed by atoms with Crippen LogP contribution in [0.5, 0.6) is 5.88 Å². The van der Waals surface area contributed by atoms with Crippen molar-refractivity contribution in [1.29, 1.82) is 0 Å². The number of aromatic nitrogens is 2. The van der Waals surface area contributed by atoms with Crippen molar-refractivity contribution in [3.8, 4) is 5.88 Å². The zero-order valence-corrected chi connectivity index (χ0v) is 10.3. The lowest BCUT2D eigenvalue weighted by Gasteiger charge is -2.07. The molecule has 0 fully saturated rings. The van der Waals surface area contributed by atoms with Crippen molar-refractivity contribution < 1.29 is 14.2 Å². The lowest BCUT2D eigenvalue weighted by Crippen LogP contribution is -2.09. The number of ether oxygens (including phenoxy) is 3. The molecule has 0 saturated carbocycles. The Bertz CT molecular complexity index is 334. The summed E-state index contributed by atoms with van der Waals surface area (Å²) >= 11 is 0. The topological polar surface area (TPSA) is 79.5 Å². The van der Waals surface area contributed by atoms with E-state index < -0.39 is 0 Å². The van der Waals surface area contributed by atoms with Crippen LogP contribution < -0.4 is 10.5 Å². The molecule has 0 aliphatic rings. The monoisotopic (exact) mass is 241 g/mol. The lowest BCUT2D eigenvalue weighted by atomic mass is 10.5. The molecular formula is C11H19N3O3. The van der Waals surface area contributed by atoms with E-state index in [0.717, 1.165) is 0 Å². The molecule has 0 atom stereocenters. The van der Waals surface area contributed by atoms with Crippen LogP contribution in [-0.2, 0) is 16.1 Å². The minimum absolute atomic E-state index is 0.337. The Morgan fingerprint density at radius 1 is 1.12 bits per heavy atom. The Labute approximate surface area is 101 Å². The van der Waals surface area contributed by atoms with Crippen molar-refractivity contribution in [2.75, 3.05) is 32.2 Å². The predicted octanol–water partition coefficient (Wildman–Crippen LogP) is 1.01. The van der Waals surface area contributed by atoms with Crippen molar-refractivity contribution >= 4 is 5.82 Å². The number of nitrogen functional groups attached to an aromatic ring is 1. The zero-order chi connectivity index (χ0) is 12.5. The van der Waals surface area contributed by atoms with Crippen molar-refractivity contribution in [2.24, 2.45) is 0 Å². The van der Waals surface area contributed by atoms with E-state index in [1.54, 1.807) is 6.07 Å². The number of rotatable bonds is 8. The minimum atomic E-state index is 0.337. The molecule has 1 aromatic heterocycles. The molecule has 0 spiro atoms. The molecule has 6 heteroatoms. The summed E-state index contributed by atoms with van der Waals surface area (Å²) in [5.41, 5.74) is 5.64. The van der Waals surface area contributed by atoms with Gasteiger partial charge in [0.25, 0.3) is 0 Å². The lowest BCUT2D eigenvalue weighted by molar-refractivity contribution is 0.106. The third kappa shape index (κ3) is 5.46. The Morgan fingerprint density at radius 3 is 2.59 bits per heavy atom. The van der Waals surface area contributed by atoms with E-state index in [2.05, 4.69) is 9.97 Å². The van der Waals surface area contributed by atoms with Gasteiger partial charge in [-0.15, -0.1) is 0 Å². The molecule has 2 N–H and O–H groups in total. The maximum Gasteiger partial charge on any atom is 0.218 e. The van der Waals surface area contributed by atoms with Gasteiger partial charge in [0, 0.05) is 19.3 Å². The Hall–Kier alpha value is -1.40. The molecule has 1 heterocycles. The van der Waals surface area contributed by atoms with Gasteiger partial charge in [-0.05, 0) is 13.8 Å².